The zero-order chi connectivity index (χ0) is 21.3. The molecule has 1 heterocycles. The lowest BCUT2D eigenvalue weighted by atomic mass is 9.86. The van der Waals surface area contributed by atoms with E-state index in [1.165, 1.54) is 18.2 Å². The summed E-state index contributed by atoms with van der Waals surface area (Å²) in [5.74, 6) is 0.0238. The second kappa shape index (κ2) is 7.89. The molecule has 2 aromatic rings. The molecule has 1 aliphatic rings. The maximum Gasteiger partial charge on any atom is 0.254 e. The number of aromatic nitrogens is 1. The van der Waals surface area contributed by atoms with Gasteiger partial charge in [-0.1, -0.05) is 20.4 Å². The van der Waals surface area contributed by atoms with Gasteiger partial charge in [0.1, 0.15) is 0 Å². The molecule has 0 unspecified atom stereocenters. The molecule has 146 valence electrons. The molecule has 0 atom stereocenters. The van der Waals surface area contributed by atoms with E-state index in [4.69, 9.17) is 0 Å². The fourth-order valence-electron chi connectivity index (χ4n) is 3.79. The van der Waals surface area contributed by atoms with E-state index < -0.39 is 0 Å². The molecule has 1 saturated carbocycles. The van der Waals surface area contributed by atoms with E-state index in [2.05, 4.69) is 6.58 Å². The van der Waals surface area contributed by atoms with Gasteiger partial charge >= 0.3 is 0 Å². The summed E-state index contributed by atoms with van der Waals surface area (Å²) < 4.78 is 1.57. The molecule has 1 aliphatic carbocycles. The fraction of sp³-hybridized carbons (Fsp3) is 0.333. The van der Waals surface area contributed by atoms with Gasteiger partial charge in [-0.05, 0) is 60.9 Å². The molecule has 3 rings (SSSR count). The fourth-order valence-corrected chi connectivity index (χ4v) is 3.79. The third kappa shape index (κ3) is 3.77. The van der Waals surface area contributed by atoms with Crippen LogP contribution in [0.2, 0.25) is 0 Å². The Morgan fingerprint density at radius 2 is 1.83 bits per heavy atom. The highest BCUT2D eigenvalue weighted by Gasteiger charge is 2.31. The average Bonchev–Trinajstić information content (AvgIpc) is 3.53. The van der Waals surface area contributed by atoms with Crippen molar-refractivity contribution < 1.29 is 4.79 Å². The predicted molar refractivity (Wildman–Crippen MR) is 112 cm³/mol. The summed E-state index contributed by atoms with van der Waals surface area (Å²) in [6.07, 6.45) is 4.55. The van der Waals surface area contributed by atoms with E-state index in [-0.39, 0.29) is 34.0 Å². The zero-order valence-electron chi connectivity index (χ0n) is 17.0. The van der Waals surface area contributed by atoms with Crippen LogP contribution in [0.3, 0.4) is 0 Å². The number of hydrogen-bond acceptors (Lipinski definition) is 4. The van der Waals surface area contributed by atoms with E-state index >= 15 is 0 Å². The zero-order valence-corrected chi connectivity index (χ0v) is 17.0. The van der Waals surface area contributed by atoms with Gasteiger partial charge in [0.05, 0.1) is 23.3 Å². The molecule has 0 bridgehead atoms. The van der Waals surface area contributed by atoms with Crippen LogP contribution in [0.15, 0.2) is 29.6 Å². The van der Waals surface area contributed by atoms with Gasteiger partial charge in [-0.2, -0.15) is 10.5 Å². The van der Waals surface area contributed by atoms with Gasteiger partial charge in [0, 0.05) is 29.4 Å². The maximum atomic E-state index is 13.7. The Morgan fingerprint density at radius 3 is 2.28 bits per heavy atom. The second-order valence-electron chi connectivity index (χ2n) is 7.87. The lowest BCUT2D eigenvalue weighted by Crippen LogP contribution is -2.30. The normalized spacial score (nSPS) is 13.0. The van der Waals surface area contributed by atoms with Crippen molar-refractivity contribution in [1.29, 1.82) is 10.5 Å². The van der Waals surface area contributed by atoms with Crippen LogP contribution in [-0.4, -0.2) is 10.4 Å². The summed E-state index contributed by atoms with van der Waals surface area (Å²) in [5, 5.41) is 18.6. The molecule has 1 aromatic carbocycles. The van der Waals surface area contributed by atoms with Crippen molar-refractivity contribution in [2.45, 2.75) is 39.0 Å². The third-order valence-corrected chi connectivity index (χ3v) is 5.42. The summed E-state index contributed by atoms with van der Waals surface area (Å²) >= 11 is 0. The van der Waals surface area contributed by atoms with Gasteiger partial charge < -0.3 is 4.57 Å². The minimum Gasteiger partial charge on any atom is -0.311 e. The molecule has 5 nitrogen and oxygen atoms in total. The number of rotatable bonds is 6. The van der Waals surface area contributed by atoms with E-state index in [1.807, 2.05) is 26.0 Å². The number of nitriles is 2. The average molecular weight is 385 g/mol. The van der Waals surface area contributed by atoms with Crippen LogP contribution in [0.4, 0.5) is 0 Å². The molecule has 29 heavy (non-hydrogen) atoms. The molecule has 0 N–H and O–H groups in total. The first-order chi connectivity index (χ1) is 13.8. The molecular formula is C24H23N3O2. The molecule has 0 aliphatic heterocycles. The Balaban J connectivity index is 2.35. The highest BCUT2D eigenvalue weighted by molar-refractivity contribution is 6.11. The first-order valence-electron chi connectivity index (χ1n) is 9.70. The Morgan fingerprint density at radius 1 is 1.24 bits per heavy atom. The van der Waals surface area contributed by atoms with Gasteiger partial charge in [0.2, 0.25) is 0 Å². The molecule has 0 saturated heterocycles. The molecule has 0 spiro atoms. The van der Waals surface area contributed by atoms with Crippen molar-refractivity contribution >= 4 is 11.9 Å². The Labute approximate surface area is 170 Å². The van der Waals surface area contributed by atoms with Crippen LogP contribution in [0.25, 0.3) is 6.08 Å². The smallest absolute Gasteiger partial charge is 0.254 e. The standard InChI is InChI=1S/C24H23N3O2/c1-5-20-19(11-15-6-7-15)22(21(14(2)3)24(29)27(20)4)23(28)18-9-16(12-25)8-17(10-18)13-26/h5,8-10,14-15H,1,6-7,11H2,2-4H3. The van der Waals surface area contributed by atoms with Crippen LogP contribution >= 0.6 is 0 Å². The summed E-state index contributed by atoms with van der Waals surface area (Å²) in [5.41, 5.74) is 2.90. The van der Waals surface area contributed by atoms with Gasteiger partial charge in [-0.25, -0.2) is 0 Å². The Hall–Kier alpha value is -3.44. The van der Waals surface area contributed by atoms with E-state index in [9.17, 15) is 20.1 Å². The molecule has 0 radical (unpaired) electrons. The largest absolute Gasteiger partial charge is 0.311 e. The lowest BCUT2D eigenvalue weighted by molar-refractivity contribution is 0.103. The van der Waals surface area contributed by atoms with Crippen LogP contribution in [-0.2, 0) is 13.5 Å². The second-order valence-corrected chi connectivity index (χ2v) is 7.87. The van der Waals surface area contributed by atoms with E-state index in [0.717, 1.165) is 18.4 Å². The summed E-state index contributed by atoms with van der Waals surface area (Å²) in [6, 6.07) is 8.42. The minimum absolute atomic E-state index is 0.154. The summed E-state index contributed by atoms with van der Waals surface area (Å²) in [4.78, 5) is 26.8. The predicted octanol–water partition coefficient (Wildman–Crippen LogP) is 4.08. The molecule has 1 aromatic heterocycles. The molecule has 1 fully saturated rings. The number of pyridine rings is 1. The molecular weight excluding hydrogens is 362 g/mol. The van der Waals surface area contributed by atoms with E-state index in [1.54, 1.807) is 17.7 Å². The number of carbonyl (C=O) groups is 1. The lowest BCUT2D eigenvalue weighted by Gasteiger charge is -2.21. The summed E-state index contributed by atoms with van der Waals surface area (Å²) in [6.45, 7) is 7.66. The summed E-state index contributed by atoms with van der Waals surface area (Å²) in [7, 11) is 1.71. The van der Waals surface area contributed by atoms with Gasteiger partial charge in [-0.3, -0.25) is 9.59 Å². The first kappa shape index (κ1) is 20.3. The Kier molecular flexibility index (Phi) is 5.52. The van der Waals surface area contributed by atoms with Gasteiger partial charge in [0.25, 0.3) is 5.56 Å². The number of hydrogen-bond donors (Lipinski definition) is 0. The van der Waals surface area contributed by atoms with Crippen molar-refractivity contribution in [2.75, 3.05) is 0 Å². The number of carbonyl (C=O) groups excluding carboxylic acids is 1. The van der Waals surface area contributed by atoms with Crippen molar-refractivity contribution in [3.8, 4) is 12.1 Å². The van der Waals surface area contributed by atoms with Crippen LogP contribution < -0.4 is 5.56 Å². The number of nitrogens with zero attached hydrogens (tertiary/aromatic N) is 3. The maximum absolute atomic E-state index is 13.7. The first-order valence-corrected chi connectivity index (χ1v) is 9.70. The van der Waals surface area contributed by atoms with Crippen LogP contribution in [0.5, 0.6) is 0 Å². The molecule has 5 heteroatoms. The number of benzene rings is 1. The van der Waals surface area contributed by atoms with Crippen LogP contribution in [0, 0.1) is 28.6 Å². The minimum atomic E-state index is -0.321. The topological polar surface area (TPSA) is 86.7 Å². The highest BCUT2D eigenvalue weighted by Crippen LogP contribution is 2.36. The Bertz CT molecular complexity index is 1120. The van der Waals surface area contributed by atoms with Crippen molar-refractivity contribution in [2.24, 2.45) is 13.0 Å². The van der Waals surface area contributed by atoms with Crippen molar-refractivity contribution in [3.63, 3.8) is 0 Å². The molecule has 0 amide bonds. The van der Waals surface area contributed by atoms with Gasteiger partial charge in [-0.15, -0.1) is 0 Å². The highest BCUT2D eigenvalue weighted by atomic mass is 16.1. The van der Waals surface area contributed by atoms with Crippen LogP contribution in [0.1, 0.15) is 76.5 Å². The van der Waals surface area contributed by atoms with Crippen molar-refractivity contribution in [3.05, 3.63) is 74.2 Å². The SMILES string of the molecule is C=Cc1c(CC2CC2)c(C(=O)c2cc(C#N)cc(C#N)c2)c(C(C)C)c(=O)n1C. The quantitative estimate of drug-likeness (QED) is 0.701. The van der Waals surface area contributed by atoms with E-state index in [0.29, 0.717) is 29.2 Å². The monoisotopic (exact) mass is 385 g/mol. The van der Waals surface area contributed by atoms with Gasteiger partial charge in [0.15, 0.2) is 5.78 Å². The third-order valence-electron chi connectivity index (χ3n) is 5.42. The number of ketones is 1. The van der Waals surface area contributed by atoms with Crippen molar-refractivity contribution in [1.82, 2.24) is 4.57 Å².